The van der Waals surface area contributed by atoms with Gasteiger partial charge in [0.1, 0.15) is 10.6 Å². The van der Waals surface area contributed by atoms with Gasteiger partial charge in [0, 0.05) is 31.2 Å². The van der Waals surface area contributed by atoms with Crippen LogP contribution >= 0.6 is 12.4 Å². The van der Waals surface area contributed by atoms with Crippen LogP contribution < -0.4 is 15.4 Å². The molecule has 0 radical (unpaired) electrons. The van der Waals surface area contributed by atoms with Crippen LogP contribution in [-0.4, -0.2) is 58.5 Å². The molecule has 1 saturated heterocycles. The lowest BCUT2D eigenvalue weighted by molar-refractivity contribution is 0.0950. The van der Waals surface area contributed by atoms with Gasteiger partial charge in [-0.25, -0.2) is 8.42 Å². The number of likely N-dealkylation sites (N-methyl/N-ethyl adjacent to an activating group) is 1. The monoisotopic (exact) mass is 419 g/mol. The van der Waals surface area contributed by atoms with Crippen LogP contribution in [0.1, 0.15) is 43.0 Å². The van der Waals surface area contributed by atoms with Gasteiger partial charge in [-0.3, -0.25) is 4.79 Å². The quantitative estimate of drug-likeness (QED) is 0.705. The Balaban J connectivity index is 0.00000364. The average molecular weight is 420 g/mol. The van der Waals surface area contributed by atoms with Gasteiger partial charge >= 0.3 is 0 Å². The van der Waals surface area contributed by atoms with Crippen molar-refractivity contribution in [3.8, 4) is 5.75 Å². The van der Waals surface area contributed by atoms with E-state index in [1.807, 2.05) is 14.0 Å². The number of nitrogens with zero attached hydrogens (tertiary/aromatic N) is 1. The van der Waals surface area contributed by atoms with Gasteiger partial charge in [0.25, 0.3) is 5.91 Å². The highest BCUT2D eigenvalue weighted by Gasteiger charge is 2.29. The van der Waals surface area contributed by atoms with Gasteiger partial charge in [0.2, 0.25) is 10.0 Å². The third-order valence-electron chi connectivity index (χ3n) is 4.67. The summed E-state index contributed by atoms with van der Waals surface area (Å²) in [5, 5.41) is 5.84. The number of rotatable bonds is 7. The van der Waals surface area contributed by atoms with Crippen LogP contribution in [0.5, 0.6) is 5.75 Å². The number of hydrogen-bond donors (Lipinski definition) is 2. The molecule has 1 aromatic rings. The molecule has 27 heavy (non-hydrogen) atoms. The lowest BCUT2D eigenvalue weighted by Gasteiger charge is -2.21. The number of nitrogens with one attached hydrogen (secondary N) is 2. The standard InChI is InChI=1S/C18H29N3O4S.ClH/c1-14(19-2)13-20-18(22)15-8-9-16(25-3)17(12-15)26(23,24)21-10-6-4-5-7-11-21;/h8-9,12,14,19H,4-7,10-11,13H2,1-3H3,(H,20,22);1H. The van der Waals surface area contributed by atoms with Crippen LogP contribution in [-0.2, 0) is 10.0 Å². The Labute approximate surface area is 168 Å². The van der Waals surface area contributed by atoms with Crippen molar-refractivity contribution < 1.29 is 17.9 Å². The molecule has 1 aliphatic rings. The summed E-state index contributed by atoms with van der Waals surface area (Å²) in [5.41, 5.74) is 0.308. The predicted molar refractivity (Wildman–Crippen MR) is 108 cm³/mol. The van der Waals surface area contributed by atoms with Crippen LogP contribution in [0.4, 0.5) is 0 Å². The van der Waals surface area contributed by atoms with Crippen molar-refractivity contribution >= 4 is 28.3 Å². The Kier molecular flexibility index (Phi) is 9.52. The van der Waals surface area contributed by atoms with E-state index in [1.54, 1.807) is 12.1 Å². The fourth-order valence-electron chi connectivity index (χ4n) is 2.89. The van der Waals surface area contributed by atoms with Crippen molar-refractivity contribution in [2.75, 3.05) is 33.8 Å². The number of carbonyl (C=O) groups is 1. The highest BCUT2D eigenvalue weighted by atomic mass is 35.5. The van der Waals surface area contributed by atoms with Crippen LogP contribution in [0.3, 0.4) is 0 Å². The van der Waals surface area contributed by atoms with E-state index in [0.717, 1.165) is 25.7 Å². The molecule has 154 valence electrons. The number of methoxy groups -OCH3 is 1. The molecule has 1 amide bonds. The van der Waals surface area contributed by atoms with Gasteiger partial charge in [-0.1, -0.05) is 12.8 Å². The summed E-state index contributed by atoms with van der Waals surface area (Å²) in [6.45, 7) is 3.41. The molecule has 1 heterocycles. The molecule has 0 aliphatic carbocycles. The van der Waals surface area contributed by atoms with Crippen LogP contribution in [0.15, 0.2) is 23.1 Å². The van der Waals surface area contributed by atoms with Crippen molar-refractivity contribution in [2.24, 2.45) is 0 Å². The minimum atomic E-state index is -3.70. The molecule has 7 nitrogen and oxygen atoms in total. The minimum absolute atomic E-state index is 0. The molecule has 1 unspecified atom stereocenters. The lowest BCUT2D eigenvalue weighted by Crippen LogP contribution is -2.37. The fourth-order valence-corrected chi connectivity index (χ4v) is 4.59. The molecule has 1 aromatic carbocycles. The third-order valence-corrected chi connectivity index (χ3v) is 6.59. The highest BCUT2D eigenvalue weighted by molar-refractivity contribution is 7.89. The molecule has 0 spiro atoms. The van der Waals surface area contributed by atoms with Crippen LogP contribution in [0.2, 0.25) is 0 Å². The van der Waals surface area contributed by atoms with Gasteiger partial charge in [0.05, 0.1) is 7.11 Å². The molecule has 9 heteroatoms. The number of hydrogen-bond acceptors (Lipinski definition) is 5. The van der Waals surface area contributed by atoms with E-state index in [4.69, 9.17) is 4.74 Å². The van der Waals surface area contributed by atoms with E-state index in [-0.39, 0.29) is 35.0 Å². The van der Waals surface area contributed by atoms with E-state index in [0.29, 0.717) is 25.2 Å². The summed E-state index contributed by atoms with van der Waals surface area (Å²) in [6.07, 6.45) is 3.78. The normalized spacial score (nSPS) is 16.7. The Morgan fingerprint density at radius 2 is 1.85 bits per heavy atom. The number of carbonyl (C=O) groups excluding carboxylic acids is 1. The van der Waals surface area contributed by atoms with Crippen molar-refractivity contribution in [1.29, 1.82) is 0 Å². The zero-order valence-electron chi connectivity index (χ0n) is 16.2. The summed E-state index contributed by atoms with van der Waals surface area (Å²) in [5.74, 6) is -0.0449. The van der Waals surface area contributed by atoms with E-state index in [9.17, 15) is 13.2 Å². The summed E-state index contributed by atoms with van der Waals surface area (Å²) < 4.78 is 33.0. The first kappa shape index (κ1) is 23.7. The smallest absolute Gasteiger partial charge is 0.251 e. The molecule has 1 fully saturated rings. The number of sulfonamides is 1. The van der Waals surface area contributed by atoms with Crippen LogP contribution in [0, 0.1) is 0 Å². The number of benzene rings is 1. The summed E-state index contributed by atoms with van der Waals surface area (Å²) in [6, 6.07) is 4.66. The number of halogens is 1. The Morgan fingerprint density at radius 1 is 1.22 bits per heavy atom. The second-order valence-electron chi connectivity index (χ2n) is 6.58. The zero-order chi connectivity index (χ0) is 19.2. The van der Waals surface area contributed by atoms with E-state index in [1.165, 1.54) is 17.5 Å². The first-order valence-corrected chi connectivity index (χ1v) is 10.5. The first-order chi connectivity index (χ1) is 12.4. The maximum absolute atomic E-state index is 13.1. The Hall–Kier alpha value is -1.35. The minimum Gasteiger partial charge on any atom is -0.495 e. The SMILES string of the molecule is CNC(C)CNC(=O)c1ccc(OC)c(S(=O)(=O)N2CCCCCC2)c1.Cl. The molecule has 0 aromatic heterocycles. The molecule has 2 N–H and O–H groups in total. The van der Waals surface area contributed by atoms with Gasteiger partial charge < -0.3 is 15.4 Å². The largest absolute Gasteiger partial charge is 0.495 e. The van der Waals surface area contributed by atoms with Gasteiger partial charge in [-0.2, -0.15) is 4.31 Å². The van der Waals surface area contributed by atoms with Crippen molar-refractivity contribution in [2.45, 2.75) is 43.5 Å². The third kappa shape index (κ3) is 6.07. The summed E-state index contributed by atoms with van der Waals surface area (Å²) in [4.78, 5) is 12.4. The fraction of sp³-hybridized carbons (Fsp3) is 0.611. The van der Waals surface area contributed by atoms with Crippen molar-refractivity contribution in [1.82, 2.24) is 14.9 Å². The van der Waals surface area contributed by atoms with Crippen molar-refractivity contribution in [3.63, 3.8) is 0 Å². The molecular formula is C18H30ClN3O4S. The van der Waals surface area contributed by atoms with E-state index < -0.39 is 10.0 Å². The van der Waals surface area contributed by atoms with E-state index in [2.05, 4.69) is 10.6 Å². The predicted octanol–water partition coefficient (Wildman–Crippen LogP) is 2.02. The summed E-state index contributed by atoms with van der Waals surface area (Å²) >= 11 is 0. The number of ether oxygens (including phenoxy) is 1. The molecule has 0 bridgehead atoms. The molecule has 2 rings (SSSR count). The Bertz CT molecular complexity index is 719. The van der Waals surface area contributed by atoms with Crippen molar-refractivity contribution in [3.05, 3.63) is 23.8 Å². The second-order valence-corrected chi connectivity index (χ2v) is 8.49. The second kappa shape index (κ2) is 10.8. The molecule has 1 aliphatic heterocycles. The number of amides is 1. The van der Waals surface area contributed by atoms with Gasteiger partial charge in [-0.15, -0.1) is 12.4 Å². The maximum atomic E-state index is 13.1. The highest BCUT2D eigenvalue weighted by Crippen LogP contribution is 2.29. The Morgan fingerprint density at radius 3 is 2.41 bits per heavy atom. The first-order valence-electron chi connectivity index (χ1n) is 9.03. The zero-order valence-corrected chi connectivity index (χ0v) is 17.8. The van der Waals surface area contributed by atoms with Gasteiger partial charge in [0.15, 0.2) is 0 Å². The van der Waals surface area contributed by atoms with E-state index >= 15 is 0 Å². The average Bonchev–Trinajstić information content (AvgIpc) is 2.95. The summed E-state index contributed by atoms with van der Waals surface area (Å²) in [7, 11) is -0.453. The molecular weight excluding hydrogens is 390 g/mol. The molecule has 1 atom stereocenters. The van der Waals surface area contributed by atoms with Crippen LogP contribution in [0.25, 0.3) is 0 Å². The maximum Gasteiger partial charge on any atom is 0.251 e. The molecule has 0 saturated carbocycles. The lowest BCUT2D eigenvalue weighted by atomic mass is 10.2. The topological polar surface area (TPSA) is 87.7 Å². The van der Waals surface area contributed by atoms with Gasteiger partial charge in [-0.05, 0) is 45.0 Å².